The fourth-order valence-corrected chi connectivity index (χ4v) is 3.68. The summed E-state index contributed by atoms with van der Waals surface area (Å²) < 4.78 is 1.59. The molecule has 0 atom stereocenters. The lowest BCUT2D eigenvalue weighted by Crippen LogP contribution is -2.44. The van der Waals surface area contributed by atoms with Gasteiger partial charge in [-0.15, -0.1) is 0 Å². The molecule has 0 radical (unpaired) electrons. The zero-order chi connectivity index (χ0) is 14.9. The van der Waals surface area contributed by atoms with Gasteiger partial charge in [0.25, 0.3) is 11.5 Å². The summed E-state index contributed by atoms with van der Waals surface area (Å²) in [5, 5.41) is 6.94. The minimum Gasteiger partial charge on any atom is -0.351 e. The average molecular weight is 308 g/mol. The molecule has 0 aromatic carbocycles. The molecular formula is C14H20N4O2S. The molecule has 2 N–H and O–H groups in total. The Bertz CT molecular complexity index is 607. The van der Waals surface area contributed by atoms with Gasteiger partial charge >= 0.3 is 0 Å². The number of thioether (sulfide) groups is 1. The van der Waals surface area contributed by atoms with E-state index in [0.717, 1.165) is 31.7 Å². The molecule has 7 heteroatoms. The number of nitrogens with one attached hydrogen (secondary N) is 2. The van der Waals surface area contributed by atoms with Crippen molar-refractivity contribution >= 4 is 17.7 Å². The number of piperidine rings is 1. The Kier molecular flexibility index (Phi) is 4.03. The number of carbonyl (C=O) groups excluding carboxylic acids is 1. The van der Waals surface area contributed by atoms with E-state index in [1.807, 2.05) is 0 Å². The number of fused-ring (bicyclic) bond motifs is 1. The van der Waals surface area contributed by atoms with Crippen LogP contribution in [-0.4, -0.2) is 40.8 Å². The predicted molar refractivity (Wildman–Crippen MR) is 81.8 cm³/mol. The van der Waals surface area contributed by atoms with E-state index in [1.54, 1.807) is 16.3 Å². The van der Waals surface area contributed by atoms with Gasteiger partial charge in [0, 0.05) is 25.0 Å². The van der Waals surface area contributed by atoms with E-state index in [0.29, 0.717) is 18.2 Å². The molecule has 0 bridgehead atoms. The first-order valence-electron chi connectivity index (χ1n) is 7.31. The van der Waals surface area contributed by atoms with Gasteiger partial charge in [0.05, 0.1) is 0 Å². The van der Waals surface area contributed by atoms with Gasteiger partial charge in [-0.2, -0.15) is 0 Å². The highest BCUT2D eigenvalue weighted by molar-refractivity contribution is 7.99. The van der Waals surface area contributed by atoms with Gasteiger partial charge in [0.2, 0.25) is 0 Å². The molecule has 1 aromatic rings. The highest BCUT2D eigenvalue weighted by atomic mass is 32.2. The van der Waals surface area contributed by atoms with Gasteiger partial charge in [-0.05, 0) is 31.3 Å². The molecule has 0 unspecified atom stereocenters. The Morgan fingerprint density at radius 1 is 1.52 bits per heavy atom. The molecule has 1 fully saturated rings. The molecule has 2 aliphatic rings. The van der Waals surface area contributed by atoms with Gasteiger partial charge < -0.3 is 10.6 Å². The lowest BCUT2D eigenvalue weighted by Gasteiger charge is -2.34. The average Bonchev–Trinajstić information content (AvgIpc) is 2.95. The van der Waals surface area contributed by atoms with Crippen LogP contribution in [0.15, 0.2) is 16.1 Å². The van der Waals surface area contributed by atoms with E-state index in [9.17, 15) is 9.59 Å². The molecule has 3 rings (SSSR count). The van der Waals surface area contributed by atoms with Crippen molar-refractivity contribution in [1.29, 1.82) is 0 Å². The summed E-state index contributed by atoms with van der Waals surface area (Å²) in [6, 6.07) is 0. The van der Waals surface area contributed by atoms with E-state index in [4.69, 9.17) is 0 Å². The summed E-state index contributed by atoms with van der Waals surface area (Å²) in [5.41, 5.74) is 0.0358. The van der Waals surface area contributed by atoms with Crippen molar-refractivity contribution in [2.24, 2.45) is 5.41 Å². The third-order valence-electron chi connectivity index (χ3n) is 4.29. The third kappa shape index (κ3) is 2.98. The summed E-state index contributed by atoms with van der Waals surface area (Å²) in [7, 11) is 0. The van der Waals surface area contributed by atoms with Crippen LogP contribution in [0, 0.1) is 5.41 Å². The van der Waals surface area contributed by atoms with Crippen LogP contribution in [0.1, 0.15) is 30.1 Å². The number of nitrogens with zero attached hydrogens (tertiary/aromatic N) is 2. The molecule has 1 saturated heterocycles. The van der Waals surface area contributed by atoms with Crippen LogP contribution in [0.25, 0.3) is 0 Å². The molecule has 1 aromatic heterocycles. The lowest BCUT2D eigenvalue weighted by atomic mass is 9.81. The largest absolute Gasteiger partial charge is 0.351 e. The van der Waals surface area contributed by atoms with Crippen LogP contribution in [0.3, 0.4) is 0 Å². The topological polar surface area (TPSA) is 76.0 Å². The molecule has 1 amide bonds. The Morgan fingerprint density at radius 3 is 3.05 bits per heavy atom. The number of hydrogen-bond donors (Lipinski definition) is 2. The quantitative estimate of drug-likeness (QED) is 0.794. The fraction of sp³-hybridized carbons (Fsp3) is 0.643. The van der Waals surface area contributed by atoms with Crippen LogP contribution in [0.2, 0.25) is 0 Å². The molecule has 0 spiro atoms. The number of rotatable bonds is 3. The van der Waals surface area contributed by atoms with E-state index >= 15 is 0 Å². The molecule has 0 aliphatic carbocycles. The van der Waals surface area contributed by atoms with E-state index < -0.39 is 0 Å². The molecule has 6 nitrogen and oxygen atoms in total. The molecule has 2 aliphatic heterocycles. The van der Waals surface area contributed by atoms with Crippen LogP contribution in [0.4, 0.5) is 0 Å². The maximum Gasteiger partial charge on any atom is 0.267 e. The van der Waals surface area contributed by atoms with Gasteiger partial charge in [0.15, 0.2) is 5.16 Å². The Labute approximate surface area is 127 Å². The van der Waals surface area contributed by atoms with Crippen molar-refractivity contribution in [3.63, 3.8) is 0 Å². The second-order valence-electron chi connectivity index (χ2n) is 6.00. The first kappa shape index (κ1) is 14.6. The zero-order valence-electron chi connectivity index (χ0n) is 12.1. The Hall–Kier alpha value is -1.34. The molecular weight excluding hydrogens is 288 g/mol. The third-order valence-corrected chi connectivity index (χ3v) is 5.26. The van der Waals surface area contributed by atoms with Crippen molar-refractivity contribution in [1.82, 2.24) is 20.2 Å². The minimum absolute atomic E-state index is 0.108. The summed E-state index contributed by atoms with van der Waals surface area (Å²) in [4.78, 5) is 28.7. The molecule has 3 heterocycles. The summed E-state index contributed by atoms with van der Waals surface area (Å²) >= 11 is 1.55. The molecule has 0 saturated carbocycles. The van der Waals surface area contributed by atoms with Gasteiger partial charge in [-0.25, -0.2) is 4.98 Å². The maximum absolute atomic E-state index is 12.3. The monoisotopic (exact) mass is 308 g/mol. The summed E-state index contributed by atoms with van der Waals surface area (Å²) in [6.45, 7) is 5.37. The minimum atomic E-state index is -0.306. The van der Waals surface area contributed by atoms with Crippen LogP contribution >= 0.6 is 11.8 Å². The summed E-state index contributed by atoms with van der Waals surface area (Å²) in [5.74, 6) is 0.540. The number of amides is 1. The van der Waals surface area contributed by atoms with Gasteiger partial charge in [0.1, 0.15) is 5.56 Å². The Morgan fingerprint density at radius 2 is 2.29 bits per heavy atom. The first-order valence-corrected chi connectivity index (χ1v) is 8.29. The van der Waals surface area contributed by atoms with Crippen LogP contribution in [0.5, 0.6) is 0 Å². The molecule has 21 heavy (non-hydrogen) atoms. The van der Waals surface area contributed by atoms with Crippen LogP contribution < -0.4 is 16.2 Å². The standard InChI is InChI=1S/C14H20N4O2S/c1-14(2-4-15-5-3-14)9-17-11(19)10-8-16-13-18(12(10)20)6-7-21-13/h8,15H,2-7,9H2,1H3,(H,17,19). The van der Waals surface area contributed by atoms with Crippen molar-refractivity contribution < 1.29 is 4.79 Å². The van der Waals surface area contributed by atoms with Crippen molar-refractivity contribution in [2.45, 2.75) is 31.5 Å². The highest BCUT2D eigenvalue weighted by Crippen LogP contribution is 2.26. The zero-order valence-corrected chi connectivity index (χ0v) is 13.0. The van der Waals surface area contributed by atoms with Gasteiger partial charge in [-0.3, -0.25) is 14.2 Å². The second kappa shape index (κ2) is 5.81. The van der Waals surface area contributed by atoms with Crippen molar-refractivity contribution in [3.8, 4) is 0 Å². The van der Waals surface area contributed by atoms with E-state index in [1.165, 1.54) is 6.20 Å². The number of carbonyl (C=O) groups is 1. The smallest absolute Gasteiger partial charge is 0.267 e. The van der Waals surface area contributed by atoms with Crippen molar-refractivity contribution in [3.05, 3.63) is 22.1 Å². The maximum atomic E-state index is 12.3. The summed E-state index contributed by atoms with van der Waals surface area (Å²) in [6.07, 6.45) is 3.48. The van der Waals surface area contributed by atoms with E-state index in [-0.39, 0.29) is 22.4 Å². The predicted octanol–water partition coefficient (Wildman–Crippen LogP) is 0.468. The molecule has 114 valence electrons. The highest BCUT2D eigenvalue weighted by Gasteiger charge is 2.28. The van der Waals surface area contributed by atoms with Gasteiger partial charge in [-0.1, -0.05) is 18.7 Å². The SMILES string of the molecule is CC1(CNC(=O)c2cnc3n(c2=O)CCS3)CCNCC1. The van der Waals surface area contributed by atoms with Crippen molar-refractivity contribution in [2.75, 3.05) is 25.4 Å². The fourth-order valence-electron chi connectivity index (χ4n) is 2.77. The van der Waals surface area contributed by atoms with E-state index in [2.05, 4.69) is 22.5 Å². The second-order valence-corrected chi connectivity index (χ2v) is 7.07. The normalized spacial score (nSPS) is 20.0. The Balaban J connectivity index is 1.70. The lowest BCUT2D eigenvalue weighted by molar-refractivity contribution is 0.0919. The van der Waals surface area contributed by atoms with Crippen LogP contribution in [-0.2, 0) is 6.54 Å². The first-order chi connectivity index (χ1) is 10.1. The number of aromatic nitrogens is 2. The number of hydrogen-bond acceptors (Lipinski definition) is 5.